The molecule has 4 heteroatoms. The molecule has 2 N–H and O–H groups in total. The fourth-order valence-electron chi connectivity index (χ4n) is 3.55. The van der Waals surface area contributed by atoms with E-state index in [0.717, 1.165) is 16.7 Å². The quantitative estimate of drug-likeness (QED) is 0.494. The predicted octanol–water partition coefficient (Wildman–Crippen LogP) is 5.08. The number of aromatic amines is 1. The smallest absolute Gasteiger partial charge is 0.200 e. The number of para-hydroxylation sites is 1. The summed E-state index contributed by atoms with van der Waals surface area (Å²) in [6.07, 6.45) is 6.50. The molecular formula is C23H23NO3. The van der Waals surface area contributed by atoms with E-state index in [1.807, 2.05) is 64.1 Å². The number of aromatic hydroxyl groups is 1. The van der Waals surface area contributed by atoms with Crippen molar-refractivity contribution >= 4 is 27.9 Å². The van der Waals surface area contributed by atoms with Crippen LogP contribution in [0.5, 0.6) is 11.5 Å². The molecule has 4 rings (SSSR count). The van der Waals surface area contributed by atoms with Gasteiger partial charge in [-0.3, -0.25) is 4.79 Å². The Morgan fingerprint density at radius 2 is 2.00 bits per heavy atom. The first-order valence-electron chi connectivity index (χ1n) is 9.12. The van der Waals surface area contributed by atoms with Crippen molar-refractivity contribution in [3.63, 3.8) is 0 Å². The molecule has 138 valence electrons. The number of H-pyrrole nitrogens is 1. The van der Waals surface area contributed by atoms with Crippen LogP contribution in [0, 0.1) is 0 Å². The molecule has 0 fully saturated rings. The Hall–Kier alpha value is -3.01. The van der Waals surface area contributed by atoms with Gasteiger partial charge in [0.15, 0.2) is 0 Å². The van der Waals surface area contributed by atoms with E-state index in [-0.39, 0.29) is 11.2 Å². The van der Waals surface area contributed by atoms with Crippen LogP contribution in [0.4, 0.5) is 0 Å². The number of allylic oxidation sites excluding steroid dienone is 2. The lowest BCUT2D eigenvalue weighted by Gasteiger charge is -2.30. The predicted molar refractivity (Wildman–Crippen MR) is 111 cm³/mol. The summed E-state index contributed by atoms with van der Waals surface area (Å²) in [6.45, 7) is 7.97. The average molecular weight is 361 g/mol. The van der Waals surface area contributed by atoms with E-state index in [4.69, 9.17) is 4.74 Å². The number of aromatic nitrogens is 1. The second-order valence-corrected chi connectivity index (χ2v) is 7.84. The topological polar surface area (TPSA) is 62.3 Å². The Labute approximate surface area is 157 Å². The van der Waals surface area contributed by atoms with Gasteiger partial charge in [-0.15, -0.1) is 0 Å². The van der Waals surface area contributed by atoms with Crippen molar-refractivity contribution in [2.24, 2.45) is 0 Å². The minimum atomic E-state index is -0.482. The van der Waals surface area contributed by atoms with Crippen molar-refractivity contribution in [3.8, 4) is 11.5 Å². The fraction of sp³-hybridized carbons (Fsp3) is 0.261. The fourth-order valence-corrected chi connectivity index (χ4v) is 3.55. The van der Waals surface area contributed by atoms with Gasteiger partial charge in [0.1, 0.15) is 17.1 Å². The summed E-state index contributed by atoms with van der Waals surface area (Å²) < 4.78 is 6.23. The third kappa shape index (κ3) is 2.81. The second-order valence-electron chi connectivity index (χ2n) is 7.84. The van der Waals surface area contributed by atoms with Gasteiger partial charge < -0.3 is 14.8 Å². The SMILES string of the molecule is CC(C)=CCc1c2c(c3[nH]c4ccccc4c(=O)c3c1O)C=CC(C)(C)O2. The molecule has 1 aliphatic heterocycles. The summed E-state index contributed by atoms with van der Waals surface area (Å²) in [4.78, 5) is 16.5. The molecule has 2 heterocycles. The number of hydrogen-bond donors (Lipinski definition) is 2. The van der Waals surface area contributed by atoms with Gasteiger partial charge in [-0.2, -0.15) is 0 Å². The summed E-state index contributed by atoms with van der Waals surface area (Å²) in [6, 6.07) is 7.36. The van der Waals surface area contributed by atoms with Crippen LogP contribution < -0.4 is 10.2 Å². The number of benzene rings is 2. The lowest BCUT2D eigenvalue weighted by atomic mass is 9.93. The van der Waals surface area contributed by atoms with Gasteiger partial charge in [0.2, 0.25) is 5.43 Å². The lowest BCUT2D eigenvalue weighted by Crippen LogP contribution is -2.28. The van der Waals surface area contributed by atoms with Crippen LogP contribution >= 0.6 is 0 Å². The Kier molecular flexibility index (Phi) is 3.88. The molecule has 0 saturated carbocycles. The highest BCUT2D eigenvalue weighted by atomic mass is 16.5. The molecule has 0 saturated heterocycles. The van der Waals surface area contributed by atoms with E-state index in [1.54, 1.807) is 6.07 Å². The van der Waals surface area contributed by atoms with Gasteiger partial charge in [0.25, 0.3) is 0 Å². The Balaban J connectivity index is 2.17. The molecule has 3 aromatic rings. The Morgan fingerprint density at radius 1 is 1.26 bits per heavy atom. The van der Waals surface area contributed by atoms with Crippen LogP contribution in [0.1, 0.15) is 38.8 Å². The Bertz CT molecular complexity index is 1190. The average Bonchev–Trinajstić information content (AvgIpc) is 2.60. The van der Waals surface area contributed by atoms with E-state index in [1.165, 1.54) is 0 Å². The van der Waals surface area contributed by atoms with Gasteiger partial charge in [-0.05, 0) is 58.4 Å². The highest BCUT2D eigenvalue weighted by Crippen LogP contribution is 2.44. The van der Waals surface area contributed by atoms with E-state index < -0.39 is 5.60 Å². The van der Waals surface area contributed by atoms with Gasteiger partial charge in [-0.1, -0.05) is 23.8 Å². The second kappa shape index (κ2) is 6.02. The molecule has 4 nitrogen and oxygen atoms in total. The zero-order valence-electron chi connectivity index (χ0n) is 16.0. The number of nitrogens with one attached hydrogen (secondary N) is 1. The molecule has 0 radical (unpaired) electrons. The maximum absolute atomic E-state index is 13.2. The summed E-state index contributed by atoms with van der Waals surface area (Å²) >= 11 is 0. The van der Waals surface area contributed by atoms with Gasteiger partial charge in [-0.25, -0.2) is 0 Å². The van der Waals surface area contributed by atoms with Crippen molar-refractivity contribution in [2.45, 2.75) is 39.7 Å². The van der Waals surface area contributed by atoms with Gasteiger partial charge in [0, 0.05) is 22.0 Å². The number of rotatable bonds is 2. The molecule has 0 amide bonds. The van der Waals surface area contributed by atoms with Crippen LogP contribution in [-0.4, -0.2) is 15.7 Å². The molecule has 1 aliphatic rings. The molecule has 0 spiro atoms. The molecule has 0 bridgehead atoms. The normalized spacial score (nSPS) is 14.8. The first kappa shape index (κ1) is 17.4. The lowest BCUT2D eigenvalue weighted by molar-refractivity contribution is 0.157. The number of phenols is 1. The van der Waals surface area contributed by atoms with Crippen LogP contribution in [0.25, 0.3) is 27.9 Å². The van der Waals surface area contributed by atoms with Crippen molar-refractivity contribution in [1.29, 1.82) is 0 Å². The van der Waals surface area contributed by atoms with Crippen LogP contribution in [0.2, 0.25) is 0 Å². The van der Waals surface area contributed by atoms with Crippen molar-refractivity contribution in [2.75, 3.05) is 0 Å². The number of fused-ring (bicyclic) bond motifs is 4. The first-order valence-corrected chi connectivity index (χ1v) is 9.12. The molecule has 0 unspecified atom stereocenters. The maximum atomic E-state index is 13.2. The summed E-state index contributed by atoms with van der Waals surface area (Å²) in [5, 5.41) is 12.0. The minimum absolute atomic E-state index is 0.000599. The van der Waals surface area contributed by atoms with E-state index in [2.05, 4.69) is 4.98 Å². The molecule has 2 aromatic carbocycles. The van der Waals surface area contributed by atoms with E-state index in [9.17, 15) is 9.90 Å². The Morgan fingerprint density at radius 3 is 2.74 bits per heavy atom. The standard InChI is InChI=1S/C23H23NO3/c1-13(2)9-10-16-21(26)18-19(15-11-12-23(3,4)27-22(15)16)24-17-8-6-5-7-14(17)20(18)25/h5-9,11-12,26H,10H2,1-4H3,(H,24,25). The van der Waals surface area contributed by atoms with Crippen LogP contribution in [-0.2, 0) is 6.42 Å². The molecule has 27 heavy (non-hydrogen) atoms. The molecule has 0 aliphatic carbocycles. The summed E-state index contributed by atoms with van der Waals surface area (Å²) in [7, 11) is 0. The maximum Gasteiger partial charge on any atom is 0.200 e. The van der Waals surface area contributed by atoms with Crippen molar-refractivity contribution < 1.29 is 9.84 Å². The van der Waals surface area contributed by atoms with Gasteiger partial charge in [0.05, 0.1) is 10.9 Å². The minimum Gasteiger partial charge on any atom is -0.507 e. The molecule has 1 aromatic heterocycles. The highest BCUT2D eigenvalue weighted by molar-refractivity contribution is 6.02. The number of phenolic OH excluding ortho intramolecular Hbond substituents is 1. The number of pyridine rings is 1. The summed E-state index contributed by atoms with van der Waals surface area (Å²) in [5.74, 6) is 0.635. The van der Waals surface area contributed by atoms with Gasteiger partial charge >= 0.3 is 0 Å². The van der Waals surface area contributed by atoms with Crippen molar-refractivity contribution in [1.82, 2.24) is 4.98 Å². The van der Waals surface area contributed by atoms with E-state index >= 15 is 0 Å². The molecule has 0 atom stereocenters. The number of hydrogen-bond acceptors (Lipinski definition) is 3. The van der Waals surface area contributed by atoms with E-state index in [0.29, 0.717) is 34.0 Å². The number of ether oxygens (including phenoxy) is 1. The zero-order valence-corrected chi connectivity index (χ0v) is 16.0. The highest BCUT2D eigenvalue weighted by Gasteiger charge is 2.29. The summed E-state index contributed by atoms with van der Waals surface area (Å²) in [5.41, 5.74) is 3.30. The monoisotopic (exact) mass is 361 g/mol. The third-order valence-corrected chi connectivity index (χ3v) is 4.95. The zero-order chi connectivity index (χ0) is 19.3. The van der Waals surface area contributed by atoms with Crippen LogP contribution in [0.15, 0.2) is 46.8 Å². The molecular weight excluding hydrogens is 338 g/mol. The largest absolute Gasteiger partial charge is 0.507 e. The van der Waals surface area contributed by atoms with Crippen LogP contribution in [0.3, 0.4) is 0 Å². The third-order valence-electron chi connectivity index (χ3n) is 4.95. The first-order chi connectivity index (χ1) is 12.8. The van der Waals surface area contributed by atoms with Crippen molar-refractivity contribution in [3.05, 3.63) is 63.3 Å².